The molecule has 0 radical (unpaired) electrons. The highest BCUT2D eigenvalue weighted by atomic mass is 32.2. The molecule has 0 saturated heterocycles. The van der Waals surface area contributed by atoms with E-state index in [0.717, 1.165) is 0 Å². The molecule has 0 bridgehead atoms. The van der Waals surface area contributed by atoms with E-state index >= 15 is 0 Å². The minimum atomic E-state index is -4.20. The lowest BCUT2D eigenvalue weighted by molar-refractivity contribution is -0.123. The number of thioether (sulfide) groups is 1. The van der Waals surface area contributed by atoms with Crippen molar-refractivity contribution in [3.05, 3.63) is 22.4 Å². The van der Waals surface area contributed by atoms with Gasteiger partial charge in [-0.2, -0.15) is 24.9 Å². The van der Waals surface area contributed by atoms with Gasteiger partial charge in [0.05, 0.1) is 10.6 Å². The lowest BCUT2D eigenvalue weighted by Gasteiger charge is -2.21. The fourth-order valence-corrected chi connectivity index (χ4v) is 2.95. The highest BCUT2D eigenvalue weighted by Gasteiger charge is 2.27. The Labute approximate surface area is 141 Å². The molecule has 0 aliphatic rings. The highest BCUT2D eigenvalue weighted by molar-refractivity contribution is 7.99. The lowest BCUT2D eigenvalue weighted by Crippen LogP contribution is -2.50. The molecule has 2 amide bonds. The summed E-state index contributed by atoms with van der Waals surface area (Å²) in [4.78, 5) is 24.6. The number of nitrogens with one attached hydrogen (secondary N) is 2. The van der Waals surface area contributed by atoms with Crippen LogP contribution >= 0.6 is 23.1 Å². The summed E-state index contributed by atoms with van der Waals surface area (Å²) in [6, 6.07) is 2.67. The molecule has 2 N–H and O–H groups in total. The number of thiophene rings is 1. The first-order valence-electron chi connectivity index (χ1n) is 6.97. The third-order valence-corrected chi connectivity index (χ3v) is 4.68. The molecule has 1 atom stereocenters. The van der Waals surface area contributed by atoms with E-state index in [0.29, 0.717) is 16.6 Å². The molecule has 9 heteroatoms. The Bertz CT molecular complexity index is 505. The maximum absolute atomic E-state index is 12.1. The monoisotopic (exact) mass is 368 g/mol. The van der Waals surface area contributed by atoms with Gasteiger partial charge in [-0.15, -0.1) is 11.3 Å². The van der Waals surface area contributed by atoms with Crippen molar-refractivity contribution in [2.45, 2.75) is 26.1 Å². The van der Waals surface area contributed by atoms with Crippen molar-refractivity contribution in [2.24, 2.45) is 5.92 Å². The molecule has 0 unspecified atom stereocenters. The van der Waals surface area contributed by atoms with E-state index in [9.17, 15) is 22.8 Å². The van der Waals surface area contributed by atoms with Crippen LogP contribution in [-0.4, -0.2) is 42.1 Å². The topological polar surface area (TPSA) is 58.2 Å². The zero-order valence-corrected chi connectivity index (χ0v) is 14.4. The molecule has 0 aliphatic heterocycles. The smallest absolute Gasteiger partial charge is 0.353 e. The van der Waals surface area contributed by atoms with Gasteiger partial charge >= 0.3 is 6.18 Å². The fraction of sp³-hybridized carbons (Fsp3) is 0.571. The predicted octanol–water partition coefficient (Wildman–Crippen LogP) is 2.91. The number of halogens is 3. The van der Waals surface area contributed by atoms with Crippen molar-refractivity contribution in [3.8, 4) is 0 Å². The second kappa shape index (κ2) is 9.17. The van der Waals surface area contributed by atoms with Crippen LogP contribution in [0.15, 0.2) is 17.5 Å². The van der Waals surface area contributed by atoms with Crippen LogP contribution in [0.25, 0.3) is 0 Å². The van der Waals surface area contributed by atoms with Crippen molar-refractivity contribution in [1.82, 2.24) is 10.6 Å². The third-order valence-electron chi connectivity index (χ3n) is 2.79. The average Bonchev–Trinajstić information content (AvgIpc) is 2.96. The Morgan fingerprint density at radius 2 is 2.04 bits per heavy atom. The molecule has 1 heterocycles. The van der Waals surface area contributed by atoms with E-state index in [4.69, 9.17) is 0 Å². The second-order valence-corrected chi connectivity index (χ2v) is 7.18. The molecule has 0 aromatic carbocycles. The van der Waals surface area contributed by atoms with Gasteiger partial charge in [0.25, 0.3) is 5.91 Å². The van der Waals surface area contributed by atoms with E-state index in [1.807, 2.05) is 0 Å². The number of rotatable bonds is 8. The molecular formula is C14H19F3N2O2S2. The van der Waals surface area contributed by atoms with Crippen LogP contribution in [0.4, 0.5) is 13.2 Å². The first-order chi connectivity index (χ1) is 10.7. The molecular weight excluding hydrogens is 349 g/mol. The first kappa shape index (κ1) is 19.8. The molecule has 0 fully saturated rings. The maximum atomic E-state index is 12.1. The second-order valence-electron chi connectivity index (χ2n) is 5.13. The summed E-state index contributed by atoms with van der Waals surface area (Å²) in [5.41, 5.74) is 0. The molecule has 0 aliphatic carbocycles. The van der Waals surface area contributed by atoms with Crippen molar-refractivity contribution >= 4 is 34.9 Å². The van der Waals surface area contributed by atoms with Gasteiger partial charge in [0.2, 0.25) is 5.91 Å². The normalized spacial score (nSPS) is 13.0. The van der Waals surface area contributed by atoms with E-state index in [1.165, 1.54) is 11.3 Å². The number of carbonyl (C=O) groups is 2. The highest BCUT2D eigenvalue weighted by Crippen LogP contribution is 2.20. The first-order valence-corrected chi connectivity index (χ1v) is 9.00. The van der Waals surface area contributed by atoms with Crippen LogP contribution in [-0.2, 0) is 4.79 Å². The van der Waals surface area contributed by atoms with Gasteiger partial charge in [0.15, 0.2) is 0 Å². The zero-order valence-electron chi connectivity index (χ0n) is 12.8. The maximum Gasteiger partial charge on any atom is 0.397 e. The predicted molar refractivity (Wildman–Crippen MR) is 86.8 cm³/mol. The fourth-order valence-electron chi connectivity index (χ4n) is 1.70. The van der Waals surface area contributed by atoms with Crippen molar-refractivity contribution in [1.29, 1.82) is 0 Å². The molecule has 1 rings (SSSR count). The van der Waals surface area contributed by atoms with Gasteiger partial charge in [-0.1, -0.05) is 19.9 Å². The van der Waals surface area contributed by atoms with E-state index in [1.54, 1.807) is 31.4 Å². The summed E-state index contributed by atoms with van der Waals surface area (Å²) in [5, 5.41) is 6.98. The van der Waals surface area contributed by atoms with Gasteiger partial charge < -0.3 is 10.6 Å². The number of alkyl halides is 3. The van der Waals surface area contributed by atoms with Crippen LogP contribution in [0.1, 0.15) is 23.5 Å². The largest absolute Gasteiger partial charge is 0.397 e. The summed E-state index contributed by atoms with van der Waals surface area (Å²) in [7, 11) is 0. The van der Waals surface area contributed by atoms with E-state index in [-0.39, 0.29) is 24.1 Å². The number of hydrogen-bond acceptors (Lipinski definition) is 4. The van der Waals surface area contributed by atoms with Crippen LogP contribution in [0.2, 0.25) is 0 Å². The third kappa shape index (κ3) is 7.74. The minimum Gasteiger partial charge on any atom is -0.353 e. The Morgan fingerprint density at radius 3 is 2.57 bits per heavy atom. The molecule has 4 nitrogen and oxygen atoms in total. The minimum absolute atomic E-state index is 0.123. The van der Waals surface area contributed by atoms with Crippen molar-refractivity contribution in [2.75, 3.05) is 18.1 Å². The van der Waals surface area contributed by atoms with Crippen molar-refractivity contribution < 1.29 is 22.8 Å². The summed E-state index contributed by atoms with van der Waals surface area (Å²) in [5.74, 6) is -1.64. The molecule has 0 saturated carbocycles. The van der Waals surface area contributed by atoms with Crippen LogP contribution in [0.3, 0.4) is 0 Å². The summed E-state index contributed by atoms with van der Waals surface area (Å²) >= 11 is 1.98. The van der Waals surface area contributed by atoms with Gasteiger partial charge in [-0.05, 0) is 17.4 Å². The number of amides is 2. The summed E-state index contributed by atoms with van der Waals surface area (Å²) in [6.45, 7) is 3.70. The Hall–Kier alpha value is -1.22. The van der Waals surface area contributed by atoms with Gasteiger partial charge in [0, 0.05) is 12.3 Å². The van der Waals surface area contributed by atoms with Crippen LogP contribution in [0, 0.1) is 5.92 Å². The molecule has 1 aromatic heterocycles. The van der Waals surface area contributed by atoms with Gasteiger partial charge in [-0.3, -0.25) is 9.59 Å². The van der Waals surface area contributed by atoms with Gasteiger partial charge in [0.1, 0.15) is 6.04 Å². The lowest BCUT2D eigenvalue weighted by atomic mass is 10.0. The molecule has 23 heavy (non-hydrogen) atoms. The van der Waals surface area contributed by atoms with Gasteiger partial charge in [-0.25, -0.2) is 0 Å². The van der Waals surface area contributed by atoms with Crippen molar-refractivity contribution in [3.63, 3.8) is 0 Å². The molecule has 0 spiro atoms. The summed E-state index contributed by atoms with van der Waals surface area (Å²) in [6.07, 6.45) is -4.20. The van der Waals surface area contributed by atoms with E-state index < -0.39 is 23.9 Å². The Balaban J connectivity index is 2.41. The zero-order chi connectivity index (χ0) is 17.5. The SMILES string of the molecule is CC(C)[C@H](NC(=O)c1cccs1)C(=O)NCCSCC(F)(F)F. The van der Waals surface area contributed by atoms with Crippen LogP contribution < -0.4 is 10.6 Å². The molecule has 130 valence electrons. The Morgan fingerprint density at radius 1 is 1.35 bits per heavy atom. The van der Waals surface area contributed by atoms with E-state index in [2.05, 4.69) is 10.6 Å². The molecule has 1 aromatic rings. The average molecular weight is 368 g/mol. The summed E-state index contributed by atoms with van der Waals surface area (Å²) < 4.78 is 36.0. The Kier molecular flexibility index (Phi) is 7.90. The number of carbonyl (C=O) groups excluding carboxylic acids is 2. The standard InChI is InChI=1S/C14H19F3N2O2S2/c1-9(2)11(19-12(20)10-4-3-6-23-10)13(21)18-5-7-22-8-14(15,16)17/h3-4,6,9,11H,5,7-8H2,1-2H3,(H,18,21)(H,19,20)/t11-/m0/s1. The quantitative estimate of drug-likeness (QED) is 0.694. The number of hydrogen-bond donors (Lipinski definition) is 2. The van der Waals surface area contributed by atoms with Crippen LogP contribution in [0.5, 0.6) is 0 Å².